The first-order chi connectivity index (χ1) is 16.4. The van der Waals surface area contributed by atoms with Crippen LogP contribution in [0.5, 0.6) is 11.6 Å². The molecule has 1 heterocycles. The van der Waals surface area contributed by atoms with Crippen molar-refractivity contribution in [3.8, 4) is 11.6 Å². The van der Waals surface area contributed by atoms with E-state index in [1.165, 1.54) is 55.1 Å². The van der Waals surface area contributed by atoms with Crippen molar-refractivity contribution < 1.29 is 32.2 Å². The van der Waals surface area contributed by atoms with E-state index in [1.54, 1.807) is 6.92 Å². The van der Waals surface area contributed by atoms with Gasteiger partial charge in [-0.1, -0.05) is 19.1 Å². The normalized spacial score (nSPS) is 12.3. The Hall–Kier alpha value is -3.77. The summed E-state index contributed by atoms with van der Waals surface area (Å²) in [5.74, 6) is -2.83. The topological polar surface area (TPSA) is 140 Å². The molecule has 0 fully saturated rings. The van der Waals surface area contributed by atoms with Crippen molar-refractivity contribution in [2.45, 2.75) is 38.1 Å². The Labute approximate surface area is 201 Å². The molecule has 0 saturated heterocycles. The van der Waals surface area contributed by atoms with Gasteiger partial charge in [0.15, 0.2) is 5.69 Å². The summed E-state index contributed by atoms with van der Waals surface area (Å²) in [5.41, 5.74) is -0.154. The van der Waals surface area contributed by atoms with Gasteiger partial charge in [0, 0.05) is 24.3 Å². The molecular formula is C23H25FN4O6S. The van der Waals surface area contributed by atoms with E-state index in [9.17, 15) is 27.5 Å². The zero-order valence-corrected chi connectivity index (χ0v) is 20.3. The minimum absolute atomic E-state index is 0.0329. The minimum atomic E-state index is -4.14. The maximum Gasteiger partial charge on any atom is 0.356 e. The molecule has 0 saturated carbocycles. The molecule has 3 N–H and O–H groups in total. The predicted octanol–water partition coefficient (Wildman–Crippen LogP) is 3.69. The number of benzene rings is 2. The molecule has 1 amide bonds. The Balaban J connectivity index is 2.05. The largest absolute Gasteiger partial charge is 0.476 e. The smallest absolute Gasteiger partial charge is 0.356 e. The molecule has 3 rings (SSSR count). The van der Waals surface area contributed by atoms with Crippen LogP contribution in [-0.4, -0.2) is 41.2 Å². The van der Waals surface area contributed by atoms with E-state index in [1.807, 2.05) is 6.92 Å². The average Bonchev–Trinajstić information content (AvgIpc) is 3.08. The number of carbonyl (C=O) groups is 2. The van der Waals surface area contributed by atoms with Crippen LogP contribution in [0.15, 0.2) is 47.4 Å². The monoisotopic (exact) mass is 504 g/mol. The summed E-state index contributed by atoms with van der Waals surface area (Å²) >= 11 is 0. The molecular weight excluding hydrogens is 479 g/mol. The number of carbonyl (C=O) groups excluding carboxylic acids is 1. The Morgan fingerprint density at radius 1 is 1.23 bits per heavy atom. The first kappa shape index (κ1) is 25.8. The second-order valence-electron chi connectivity index (χ2n) is 7.84. The molecule has 0 radical (unpaired) electrons. The van der Waals surface area contributed by atoms with Crippen LogP contribution >= 0.6 is 0 Å². The SMILES string of the molecule is CC[C@@H](C)NS(=O)(=O)c1cc(NC(=O)c2ccccc2F)ccc1Oc1c(C)c(C(=O)O)nn1C. The first-order valence-electron chi connectivity index (χ1n) is 10.6. The highest BCUT2D eigenvalue weighted by Gasteiger charge is 2.26. The van der Waals surface area contributed by atoms with Gasteiger partial charge in [0.2, 0.25) is 15.9 Å². The number of nitrogens with one attached hydrogen (secondary N) is 2. The molecule has 0 aliphatic rings. The van der Waals surface area contributed by atoms with E-state index in [2.05, 4.69) is 15.1 Å². The molecule has 186 valence electrons. The molecule has 0 aliphatic heterocycles. The van der Waals surface area contributed by atoms with Gasteiger partial charge in [0.05, 0.1) is 5.56 Å². The standard InChI is InChI=1S/C23H25FN4O6S/c1-5-13(2)27-35(32,33)19-12-15(25-21(29)16-8-6-7-9-17(16)24)10-11-18(19)34-22-14(3)20(23(30)31)26-28(22)4/h6-13,27H,5H2,1-4H3,(H,25,29)(H,30,31)/t13-/m1/s1. The van der Waals surface area contributed by atoms with Crippen LogP contribution in [0.3, 0.4) is 0 Å². The second-order valence-corrected chi connectivity index (χ2v) is 9.52. The van der Waals surface area contributed by atoms with E-state index in [-0.39, 0.29) is 39.0 Å². The van der Waals surface area contributed by atoms with Gasteiger partial charge in [-0.3, -0.25) is 4.79 Å². The third-order valence-electron chi connectivity index (χ3n) is 5.21. The number of sulfonamides is 1. The minimum Gasteiger partial charge on any atom is -0.476 e. The van der Waals surface area contributed by atoms with Gasteiger partial charge in [0.1, 0.15) is 16.5 Å². The highest BCUT2D eigenvalue weighted by atomic mass is 32.2. The summed E-state index contributed by atoms with van der Waals surface area (Å²) in [5, 5.41) is 15.7. The van der Waals surface area contributed by atoms with Crippen LogP contribution in [-0.2, 0) is 17.1 Å². The molecule has 1 atom stereocenters. The number of hydrogen-bond donors (Lipinski definition) is 3. The Kier molecular flexibility index (Phi) is 7.56. The predicted molar refractivity (Wildman–Crippen MR) is 126 cm³/mol. The van der Waals surface area contributed by atoms with Crippen molar-refractivity contribution in [2.24, 2.45) is 7.05 Å². The summed E-state index contributed by atoms with van der Waals surface area (Å²) in [4.78, 5) is 23.6. The van der Waals surface area contributed by atoms with Crippen LogP contribution < -0.4 is 14.8 Å². The van der Waals surface area contributed by atoms with E-state index >= 15 is 0 Å². The van der Waals surface area contributed by atoms with Crippen molar-refractivity contribution >= 4 is 27.6 Å². The number of rotatable bonds is 9. The molecule has 1 aromatic heterocycles. The summed E-state index contributed by atoms with van der Waals surface area (Å²) in [6.07, 6.45) is 0.516. The van der Waals surface area contributed by atoms with Crippen molar-refractivity contribution in [3.05, 3.63) is 65.1 Å². The number of carboxylic acids is 1. The van der Waals surface area contributed by atoms with Gasteiger partial charge in [-0.2, -0.15) is 5.10 Å². The van der Waals surface area contributed by atoms with Crippen LogP contribution in [0.1, 0.15) is 46.7 Å². The van der Waals surface area contributed by atoms with Gasteiger partial charge in [-0.15, -0.1) is 0 Å². The number of aromatic nitrogens is 2. The molecule has 10 nitrogen and oxygen atoms in total. The Morgan fingerprint density at radius 2 is 1.91 bits per heavy atom. The number of carboxylic acid groups (broad SMARTS) is 1. The molecule has 3 aromatic rings. The zero-order valence-electron chi connectivity index (χ0n) is 19.5. The van der Waals surface area contributed by atoms with Crippen LogP contribution in [0.4, 0.5) is 10.1 Å². The number of anilines is 1. The lowest BCUT2D eigenvalue weighted by Gasteiger charge is -2.17. The van der Waals surface area contributed by atoms with Gasteiger partial charge >= 0.3 is 5.97 Å². The third kappa shape index (κ3) is 5.66. The van der Waals surface area contributed by atoms with Gasteiger partial charge in [-0.25, -0.2) is 27.0 Å². The first-order valence-corrected chi connectivity index (χ1v) is 12.1. The van der Waals surface area contributed by atoms with E-state index in [0.717, 1.165) is 6.07 Å². The highest BCUT2D eigenvalue weighted by molar-refractivity contribution is 7.89. The Bertz CT molecular complexity index is 1390. The maximum absolute atomic E-state index is 14.0. The maximum atomic E-state index is 14.0. The summed E-state index contributed by atoms with van der Waals surface area (Å²) in [7, 11) is -2.67. The molecule has 35 heavy (non-hydrogen) atoms. The van der Waals surface area contributed by atoms with Crippen LogP contribution in [0.2, 0.25) is 0 Å². The second kappa shape index (κ2) is 10.2. The summed E-state index contributed by atoms with van der Waals surface area (Å²) < 4.78 is 49.9. The Morgan fingerprint density at radius 3 is 2.51 bits per heavy atom. The molecule has 12 heteroatoms. The fraction of sp³-hybridized carbons (Fsp3) is 0.261. The number of hydrogen-bond acceptors (Lipinski definition) is 6. The van der Waals surface area contributed by atoms with Crippen molar-refractivity contribution in [2.75, 3.05) is 5.32 Å². The summed E-state index contributed by atoms with van der Waals surface area (Å²) in [6, 6.07) is 8.87. The van der Waals surface area contributed by atoms with Crippen molar-refractivity contribution in [1.82, 2.24) is 14.5 Å². The lowest BCUT2D eigenvalue weighted by molar-refractivity contribution is 0.0688. The number of amides is 1. The number of nitrogens with zero attached hydrogens (tertiary/aromatic N) is 2. The van der Waals surface area contributed by atoms with Crippen molar-refractivity contribution in [3.63, 3.8) is 0 Å². The number of aryl methyl sites for hydroxylation is 1. The zero-order chi connectivity index (χ0) is 25.9. The van der Waals surface area contributed by atoms with Crippen LogP contribution in [0.25, 0.3) is 0 Å². The summed E-state index contributed by atoms with van der Waals surface area (Å²) in [6.45, 7) is 4.98. The van der Waals surface area contributed by atoms with E-state index < -0.39 is 33.8 Å². The van der Waals surface area contributed by atoms with E-state index in [0.29, 0.717) is 6.42 Å². The number of halogens is 1. The molecule has 0 aliphatic carbocycles. The lowest BCUT2D eigenvalue weighted by Crippen LogP contribution is -2.32. The number of aromatic carboxylic acids is 1. The van der Waals surface area contributed by atoms with Gasteiger partial charge in [0.25, 0.3) is 5.91 Å². The quantitative estimate of drug-likeness (QED) is 0.404. The van der Waals surface area contributed by atoms with Gasteiger partial charge in [-0.05, 0) is 50.6 Å². The third-order valence-corrected chi connectivity index (χ3v) is 6.82. The molecule has 0 spiro atoms. The van der Waals surface area contributed by atoms with Gasteiger partial charge < -0.3 is 15.2 Å². The molecule has 0 bridgehead atoms. The molecule has 0 unspecified atom stereocenters. The number of ether oxygens (including phenoxy) is 1. The highest BCUT2D eigenvalue weighted by Crippen LogP contribution is 2.34. The van der Waals surface area contributed by atoms with E-state index in [4.69, 9.17) is 4.74 Å². The molecule has 2 aromatic carbocycles. The fourth-order valence-electron chi connectivity index (χ4n) is 3.20. The van der Waals surface area contributed by atoms with Crippen LogP contribution in [0, 0.1) is 12.7 Å². The lowest BCUT2D eigenvalue weighted by atomic mass is 10.2. The fourth-order valence-corrected chi connectivity index (χ4v) is 4.68. The average molecular weight is 505 g/mol. The van der Waals surface area contributed by atoms with Crippen molar-refractivity contribution in [1.29, 1.82) is 0 Å².